The Bertz CT molecular complexity index is 372. The molecule has 1 aliphatic heterocycles. The predicted octanol–water partition coefficient (Wildman–Crippen LogP) is 2.16. The molecule has 18 heavy (non-hydrogen) atoms. The van der Waals surface area contributed by atoms with E-state index in [1.165, 1.54) is 0 Å². The molecule has 1 fully saturated rings. The van der Waals surface area contributed by atoms with Crippen molar-refractivity contribution >= 4 is 17.9 Å². The molecule has 98 valence electrons. The van der Waals surface area contributed by atoms with Crippen molar-refractivity contribution in [3.8, 4) is 0 Å². The molecule has 2 rings (SSSR count). The number of amides is 3. The van der Waals surface area contributed by atoms with Gasteiger partial charge in [0.1, 0.15) is 6.10 Å². The fourth-order valence-electron chi connectivity index (χ4n) is 2.22. The van der Waals surface area contributed by atoms with E-state index in [1.807, 2.05) is 0 Å². The highest BCUT2D eigenvalue weighted by Crippen LogP contribution is 2.19. The van der Waals surface area contributed by atoms with Gasteiger partial charge in [-0.25, -0.2) is 4.79 Å². The van der Waals surface area contributed by atoms with Crippen LogP contribution in [0.5, 0.6) is 0 Å². The fraction of sp³-hybridized carbons (Fsp3) is 0.615. The average Bonchev–Trinajstić information content (AvgIpc) is 2.62. The Hall–Kier alpha value is -1.65. The molecule has 0 aromatic heterocycles. The number of imide groups is 3. The summed E-state index contributed by atoms with van der Waals surface area (Å²) in [5.41, 5.74) is 0. The zero-order valence-corrected chi connectivity index (χ0v) is 10.3. The second-order valence-electron chi connectivity index (χ2n) is 4.61. The molecule has 0 radical (unpaired) electrons. The van der Waals surface area contributed by atoms with Crippen LogP contribution >= 0.6 is 0 Å². The van der Waals surface area contributed by atoms with Crippen LogP contribution in [-0.2, 0) is 14.3 Å². The summed E-state index contributed by atoms with van der Waals surface area (Å²) in [7, 11) is 0. The smallest absolute Gasteiger partial charge is 0.423 e. The van der Waals surface area contributed by atoms with E-state index in [4.69, 9.17) is 4.74 Å². The van der Waals surface area contributed by atoms with Crippen LogP contribution in [0.2, 0.25) is 0 Å². The van der Waals surface area contributed by atoms with Crippen molar-refractivity contribution in [2.45, 2.75) is 51.0 Å². The summed E-state index contributed by atoms with van der Waals surface area (Å²) in [6, 6.07) is 0. The van der Waals surface area contributed by atoms with Crippen molar-refractivity contribution in [2.75, 3.05) is 0 Å². The van der Waals surface area contributed by atoms with Crippen LogP contribution in [0.25, 0.3) is 0 Å². The van der Waals surface area contributed by atoms with Crippen molar-refractivity contribution in [3.63, 3.8) is 0 Å². The summed E-state index contributed by atoms with van der Waals surface area (Å²) < 4.78 is 5.26. The van der Waals surface area contributed by atoms with Crippen LogP contribution in [0, 0.1) is 0 Å². The Labute approximate surface area is 106 Å². The normalized spacial score (nSPS) is 26.7. The number of allylic oxidation sites excluding steroid dienone is 2. The standard InChI is InChI=1S/C13H17NO4/c15-11-8-9-12(16)14(11)13(17)18-10-6-4-2-1-3-5-7-10/h1-2,10H,3-9H2/b2-1+. The number of carbonyl (C=O) groups excluding carboxylic acids is 3. The molecule has 5 heteroatoms. The number of carbonyl (C=O) groups is 3. The molecule has 1 heterocycles. The van der Waals surface area contributed by atoms with E-state index in [1.54, 1.807) is 0 Å². The molecule has 1 saturated heterocycles. The largest absolute Gasteiger partial charge is 0.445 e. The molecule has 0 aromatic carbocycles. The van der Waals surface area contributed by atoms with E-state index in [0.717, 1.165) is 32.1 Å². The van der Waals surface area contributed by atoms with Crippen molar-refractivity contribution in [1.29, 1.82) is 0 Å². The molecule has 1 atom stereocenters. The highest BCUT2D eigenvalue weighted by atomic mass is 16.6. The molecule has 1 unspecified atom stereocenters. The molecule has 0 N–H and O–H groups in total. The van der Waals surface area contributed by atoms with Crippen LogP contribution < -0.4 is 0 Å². The lowest BCUT2D eigenvalue weighted by atomic mass is 10.0. The number of rotatable bonds is 1. The molecule has 2 aliphatic rings. The molecule has 0 bridgehead atoms. The van der Waals surface area contributed by atoms with Gasteiger partial charge in [0.15, 0.2) is 0 Å². The SMILES string of the molecule is O=C1CCC(=O)N1C(=O)OC1CC/C=C/CCC1. The first-order valence-corrected chi connectivity index (χ1v) is 6.40. The van der Waals surface area contributed by atoms with Gasteiger partial charge in [0.2, 0.25) is 11.8 Å². The number of likely N-dealkylation sites (tertiary alicyclic amines) is 1. The van der Waals surface area contributed by atoms with E-state index in [-0.39, 0.29) is 18.9 Å². The monoisotopic (exact) mass is 251 g/mol. The van der Waals surface area contributed by atoms with Gasteiger partial charge in [-0.3, -0.25) is 9.59 Å². The lowest BCUT2D eigenvalue weighted by molar-refractivity contribution is -0.136. The van der Waals surface area contributed by atoms with Gasteiger partial charge in [-0.15, -0.1) is 0 Å². The molecule has 1 aliphatic carbocycles. The molecule has 0 saturated carbocycles. The van der Waals surface area contributed by atoms with Gasteiger partial charge in [-0.2, -0.15) is 4.90 Å². The maximum Gasteiger partial charge on any atom is 0.423 e. The van der Waals surface area contributed by atoms with Gasteiger partial charge in [0.05, 0.1) is 0 Å². The number of nitrogens with zero attached hydrogens (tertiary/aromatic N) is 1. The number of ether oxygens (including phenoxy) is 1. The van der Waals surface area contributed by atoms with Crippen molar-refractivity contribution in [1.82, 2.24) is 4.90 Å². The Morgan fingerprint density at radius 2 is 1.78 bits per heavy atom. The first-order chi connectivity index (χ1) is 8.68. The Morgan fingerprint density at radius 3 is 2.50 bits per heavy atom. The van der Waals surface area contributed by atoms with Crippen LogP contribution in [0.3, 0.4) is 0 Å². The van der Waals surface area contributed by atoms with Gasteiger partial charge in [0.25, 0.3) is 0 Å². The van der Waals surface area contributed by atoms with Crippen molar-refractivity contribution < 1.29 is 19.1 Å². The van der Waals surface area contributed by atoms with Gasteiger partial charge < -0.3 is 4.74 Å². The minimum Gasteiger partial charge on any atom is -0.445 e. The quantitative estimate of drug-likeness (QED) is 0.529. The summed E-state index contributed by atoms with van der Waals surface area (Å²) in [4.78, 5) is 35.2. The van der Waals surface area contributed by atoms with Crippen LogP contribution in [-0.4, -0.2) is 28.9 Å². The van der Waals surface area contributed by atoms with Gasteiger partial charge in [0, 0.05) is 12.8 Å². The van der Waals surface area contributed by atoms with E-state index in [2.05, 4.69) is 12.2 Å². The maximum absolute atomic E-state index is 11.8. The van der Waals surface area contributed by atoms with E-state index >= 15 is 0 Å². The third-order valence-corrected chi connectivity index (χ3v) is 3.22. The summed E-state index contributed by atoms with van der Waals surface area (Å²) in [5, 5.41) is 0. The lowest BCUT2D eigenvalue weighted by Gasteiger charge is -2.20. The van der Waals surface area contributed by atoms with E-state index in [0.29, 0.717) is 4.90 Å². The molecular weight excluding hydrogens is 234 g/mol. The first kappa shape index (κ1) is 12.8. The highest BCUT2D eigenvalue weighted by molar-refractivity contribution is 6.13. The molecule has 0 aromatic rings. The molecular formula is C13H17NO4. The lowest BCUT2D eigenvalue weighted by Crippen LogP contribution is -2.38. The number of hydrogen-bond donors (Lipinski definition) is 0. The average molecular weight is 251 g/mol. The Balaban J connectivity index is 1.91. The zero-order valence-electron chi connectivity index (χ0n) is 10.3. The second kappa shape index (κ2) is 5.80. The summed E-state index contributed by atoms with van der Waals surface area (Å²) in [6.07, 6.45) is 7.78. The molecule has 3 amide bonds. The Morgan fingerprint density at radius 1 is 1.11 bits per heavy atom. The predicted molar refractivity (Wildman–Crippen MR) is 63.6 cm³/mol. The van der Waals surface area contributed by atoms with Gasteiger partial charge >= 0.3 is 6.09 Å². The van der Waals surface area contributed by atoms with Crippen molar-refractivity contribution in [2.24, 2.45) is 0 Å². The Kier molecular flexibility index (Phi) is 4.12. The summed E-state index contributed by atoms with van der Waals surface area (Å²) in [5.74, 6) is -0.897. The van der Waals surface area contributed by atoms with Crippen molar-refractivity contribution in [3.05, 3.63) is 12.2 Å². The van der Waals surface area contributed by atoms with Crippen LogP contribution in [0.4, 0.5) is 4.79 Å². The van der Waals surface area contributed by atoms with E-state index in [9.17, 15) is 14.4 Å². The summed E-state index contributed by atoms with van der Waals surface area (Å²) >= 11 is 0. The molecule has 0 spiro atoms. The maximum atomic E-state index is 11.8. The topological polar surface area (TPSA) is 63.7 Å². The van der Waals surface area contributed by atoms with Gasteiger partial charge in [-0.05, 0) is 32.1 Å². The fourth-order valence-corrected chi connectivity index (χ4v) is 2.22. The van der Waals surface area contributed by atoms with E-state index < -0.39 is 17.9 Å². The third kappa shape index (κ3) is 2.97. The highest BCUT2D eigenvalue weighted by Gasteiger charge is 2.36. The van der Waals surface area contributed by atoms with Gasteiger partial charge in [-0.1, -0.05) is 12.2 Å². The summed E-state index contributed by atoms with van der Waals surface area (Å²) in [6.45, 7) is 0. The first-order valence-electron chi connectivity index (χ1n) is 6.40. The van der Waals surface area contributed by atoms with Crippen LogP contribution in [0.1, 0.15) is 44.9 Å². The third-order valence-electron chi connectivity index (χ3n) is 3.22. The minimum atomic E-state index is -0.794. The zero-order chi connectivity index (χ0) is 13.0. The number of hydrogen-bond acceptors (Lipinski definition) is 4. The molecule has 5 nitrogen and oxygen atoms in total. The van der Waals surface area contributed by atoms with Crippen LogP contribution in [0.15, 0.2) is 12.2 Å². The second-order valence-corrected chi connectivity index (χ2v) is 4.61. The minimum absolute atomic E-state index is 0.112.